The van der Waals surface area contributed by atoms with Gasteiger partial charge in [0.25, 0.3) is 0 Å². The van der Waals surface area contributed by atoms with Crippen molar-refractivity contribution in [2.24, 2.45) is 4.99 Å². The van der Waals surface area contributed by atoms with Crippen molar-refractivity contribution < 1.29 is 9.47 Å². The number of rotatable bonds is 1. The van der Waals surface area contributed by atoms with Gasteiger partial charge in [-0.1, -0.05) is 12.1 Å². The van der Waals surface area contributed by atoms with E-state index in [0.29, 0.717) is 0 Å². The van der Waals surface area contributed by atoms with E-state index in [4.69, 9.17) is 14.5 Å². The minimum Gasteiger partial charge on any atom is -0.493 e. The van der Waals surface area contributed by atoms with E-state index in [0.717, 1.165) is 72.5 Å². The molecule has 0 atom stereocenters. The third kappa shape index (κ3) is 3.07. The van der Waals surface area contributed by atoms with Crippen LogP contribution in [0.1, 0.15) is 17.5 Å². The van der Waals surface area contributed by atoms with Crippen molar-refractivity contribution in [2.45, 2.75) is 13.3 Å². The quantitative estimate of drug-likeness (QED) is 0.865. The van der Waals surface area contributed by atoms with Gasteiger partial charge in [0.2, 0.25) is 0 Å². The molecule has 5 nitrogen and oxygen atoms in total. The van der Waals surface area contributed by atoms with Crippen LogP contribution in [-0.2, 0) is 0 Å². The summed E-state index contributed by atoms with van der Waals surface area (Å²) in [6, 6.07) is 12.1. The van der Waals surface area contributed by atoms with E-state index in [9.17, 15) is 0 Å². The van der Waals surface area contributed by atoms with Crippen LogP contribution in [-0.4, -0.2) is 44.0 Å². The van der Waals surface area contributed by atoms with E-state index in [1.54, 1.807) is 7.11 Å². The van der Waals surface area contributed by atoms with E-state index in [2.05, 4.69) is 29.3 Å². The van der Waals surface area contributed by atoms with E-state index >= 15 is 0 Å². The lowest BCUT2D eigenvalue weighted by atomic mass is 10.1. The zero-order valence-corrected chi connectivity index (χ0v) is 14.7. The molecule has 0 aromatic heterocycles. The summed E-state index contributed by atoms with van der Waals surface area (Å²) in [5, 5.41) is 3.45. The van der Waals surface area contributed by atoms with Gasteiger partial charge in [0.1, 0.15) is 11.5 Å². The normalized spacial score (nSPS) is 16.7. The van der Waals surface area contributed by atoms with Crippen molar-refractivity contribution in [3.8, 4) is 17.2 Å². The number of nitrogens with zero attached hydrogens (tertiary/aromatic N) is 2. The van der Waals surface area contributed by atoms with Crippen LogP contribution in [0.4, 0.5) is 5.69 Å². The first kappa shape index (κ1) is 16.0. The monoisotopic (exact) mass is 337 g/mol. The molecule has 4 rings (SSSR count). The van der Waals surface area contributed by atoms with Crippen molar-refractivity contribution in [1.29, 1.82) is 0 Å². The average Bonchev–Trinajstić information content (AvgIpc) is 2.98. The second-order valence-electron chi connectivity index (χ2n) is 6.44. The maximum atomic E-state index is 6.28. The average molecular weight is 337 g/mol. The van der Waals surface area contributed by atoms with Crippen LogP contribution in [0.5, 0.6) is 17.2 Å². The summed E-state index contributed by atoms with van der Waals surface area (Å²) in [6.45, 7) is 5.96. The Morgan fingerprint density at radius 3 is 2.96 bits per heavy atom. The molecule has 0 amide bonds. The van der Waals surface area contributed by atoms with Gasteiger partial charge in [-0.25, -0.2) is 4.99 Å². The Labute approximate surface area is 148 Å². The molecule has 25 heavy (non-hydrogen) atoms. The Bertz CT molecular complexity index is 809. The summed E-state index contributed by atoms with van der Waals surface area (Å²) < 4.78 is 11.8. The predicted octanol–water partition coefficient (Wildman–Crippen LogP) is 3.48. The maximum absolute atomic E-state index is 6.28. The van der Waals surface area contributed by atoms with Gasteiger partial charge >= 0.3 is 0 Å². The summed E-state index contributed by atoms with van der Waals surface area (Å²) in [4.78, 5) is 7.34. The van der Waals surface area contributed by atoms with Gasteiger partial charge in [-0.3, -0.25) is 0 Å². The molecule has 2 aromatic carbocycles. The summed E-state index contributed by atoms with van der Waals surface area (Å²) >= 11 is 0. The molecule has 0 spiro atoms. The van der Waals surface area contributed by atoms with Crippen molar-refractivity contribution in [2.75, 3.05) is 33.3 Å². The molecule has 1 N–H and O–H groups in total. The zero-order valence-electron chi connectivity index (χ0n) is 14.7. The molecule has 5 heteroatoms. The van der Waals surface area contributed by atoms with E-state index in [1.807, 2.05) is 24.3 Å². The van der Waals surface area contributed by atoms with Crippen LogP contribution in [0.15, 0.2) is 41.4 Å². The Morgan fingerprint density at radius 1 is 1.16 bits per heavy atom. The first-order valence-electron chi connectivity index (χ1n) is 8.76. The number of ether oxygens (including phenoxy) is 2. The molecule has 2 aromatic rings. The molecular weight excluding hydrogens is 314 g/mol. The third-order valence-electron chi connectivity index (χ3n) is 4.63. The fraction of sp³-hybridized carbons (Fsp3) is 0.350. The highest BCUT2D eigenvalue weighted by Gasteiger charge is 2.25. The number of benzene rings is 2. The fourth-order valence-electron chi connectivity index (χ4n) is 3.34. The van der Waals surface area contributed by atoms with Crippen molar-refractivity contribution in [3.05, 3.63) is 47.5 Å². The van der Waals surface area contributed by atoms with Gasteiger partial charge in [-0.05, 0) is 49.7 Å². The van der Waals surface area contributed by atoms with Gasteiger partial charge in [0, 0.05) is 19.6 Å². The minimum absolute atomic E-state index is 0.729. The molecule has 0 radical (unpaired) electrons. The standard InChI is InChI=1S/C20H23N3O2/c1-14-7-8-16-18(13-14)25-19-15(5-3-6-17(19)24-2)20(22-16)23-11-4-9-21-10-12-23/h3,5-8,13,21H,4,9-12H2,1-2H3. The number of aliphatic imine (C=N–C) groups is 1. The Kier molecular flexibility index (Phi) is 4.32. The molecule has 2 aliphatic rings. The molecule has 0 unspecified atom stereocenters. The van der Waals surface area contributed by atoms with Gasteiger partial charge in [0.05, 0.1) is 12.7 Å². The first-order chi connectivity index (χ1) is 12.3. The molecule has 2 aliphatic heterocycles. The van der Waals surface area contributed by atoms with Gasteiger partial charge in [-0.2, -0.15) is 0 Å². The topological polar surface area (TPSA) is 46.1 Å². The molecule has 0 saturated carbocycles. The Morgan fingerprint density at radius 2 is 2.08 bits per heavy atom. The minimum atomic E-state index is 0.729. The van der Waals surface area contributed by atoms with Crippen LogP contribution < -0.4 is 14.8 Å². The summed E-state index contributed by atoms with van der Waals surface area (Å²) in [6.07, 6.45) is 1.10. The van der Waals surface area contributed by atoms with E-state index < -0.39 is 0 Å². The van der Waals surface area contributed by atoms with Crippen LogP contribution in [0.25, 0.3) is 0 Å². The van der Waals surface area contributed by atoms with Crippen molar-refractivity contribution in [1.82, 2.24) is 10.2 Å². The zero-order chi connectivity index (χ0) is 17.2. The van der Waals surface area contributed by atoms with Crippen LogP contribution in [0.3, 0.4) is 0 Å². The molecule has 0 aliphatic carbocycles. The highest BCUT2D eigenvalue weighted by molar-refractivity contribution is 6.04. The Hall–Kier alpha value is -2.53. The third-order valence-corrected chi connectivity index (χ3v) is 4.63. The second kappa shape index (κ2) is 6.76. The van der Waals surface area contributed by atoms with Crippen LogP contribution >= 0.6 is 0 Å². The number of para-hydroxylation sites is 1. The number of fused-ring (bicyclic) bond motifs is 2. The van der Waals surface area contributed by atoms with Crippen molar-refractivity contribution in [3.63, 3.8) is 0 Å². The lowest BCUT2D eigenvalue weighted by molar-refractivity contribution is 0.378. The smallest absolute Gasteiger partial charge is 0.180 e. The summed E-state index contributed by atoms with van der Waals surface area (Å²) in [5.41, 5.74) is 2.99. The lowest BCUT2D eigenvalue weighted by Gasteiger charge is -2.24. The molecule has 2 heterocycles. The van der Waals surface area contributed by atoms with Gasteiger partial charge in [-0.15, -0.1) is 0 Å². The number of hydrogen-bond donors (Lipinski definition) is 1. The SMILES string of the molecule is COc1cccc2c1Oc1cc(C)ccc1N=C2N1CCCNCC1. The largest absolute Gasteiger partial charge is 0.493 e. The van der Waals surface area contributed by atoms with Crippen LogP contribution in [0.2, 0.25) is 0 Å². The summed E-state index contributed by atoms with van der Waals surface area (Å²) in [7, 11) is 1.67. The first-order valence-corrected chi connectivity index (χ1v) is 8.76. The fourth-order valence-corrected chi connectivity index (χ4v) is 3.34. The molecule has 0 bridgehead atoms. The molecule has 1 saturated heterocycles. The predicted molar refractivity (Wildman–Crippen MR) is 99.5 cm³/mol. The molecule has 1 fully saturated rings. The number of nitrogens with one attached hydrogen (secondary N) is 1. The number of methoxy groups -OCH3 is 1. The number of hydrogen-bond acceptors (Lipinski definition) is 5. The van der Waals surface area contributed by atoms with E-state index in [1.165, 1.54) is 0 Å². The highest BCUT2D eigenvalue weighted by atomic mass is 16.5. The van der Waals surface area contributed by atoms with Crippen LogP contribution in [0, 0.1) is 6.92 Å². The van der Waals surface area contributed by atoms with Crippen molar-refractivity contribution >= 4 is 11.5 Å². The van der Waals surface area contributed by atoms with Gasteiger partial charge in [0.15, 0.2) is 17.2 Å². The van der Waals surface area contributed by atoms with Gasteiger partial charge < -0.3 is 19.7 Å². The van der Waals surface area contributed by atoms with E-state index in [-0.39, 0.29) is 0 Å². The second-order valence-corrected chi connectivity index (χ2v) is 6.44. The number of amidine groups is 1. The Balaban J connectivity index is 1.89. The number of aryl methyl sites for hydroxylation is 1. The lowest BCUT2D eigenvalue weighted by Crippen LogP contribution is -2.34. The summed E-state index contributed by atoms with van der Waals surface area (Å²) in [5.74, 6) is 3.20. The maximum Gasteiger partial charge on any atom is 0.180 e. The highest BCUT2D eigenvalue weighted by Crippen LogP contribution is 2.43. The molecule has 130 valence electrons. The molecular formula is C20H23N3O2.